The van der Waals surface area contributed by atoms with Crippen molar-refractivity contribution in [3.63, 3.8) is 0 Å². The van der Waals surface area contributed by atoms with Crippen LogP contribution in [0.15, 0.2) is 24.3 Å². The van der Waals surface area contributed by atoms with Gasteiger partial charge in [-0.15, -0.1) is 0 Å². The van der Waals surface area contributed by atoms with E-state index in [-0.39, 0.29) is 56.5 Å². The number of nitrogens with two attached hydrogens (primary N) is 1. The Kier molecular flexibility index (Phi) is 17.1. The van der Waals surface area contributed by atoms with E-state index in [1.54, 1.807) is 18.2 Å². The summed E-state index contributed by atoms with van der Waals surface area (Å²) in [6.45, 7) is 11.6. The number of hydrogen-bond donors (Lipinski definition) is 3. The molecular weight excluding hydrogens is 716 g/mol. The third kappa shape index (κ3) is 13.8. The third-order valence-corrected chi connectivity index (χ3v) is 9.96. The molecule has 1 aliphatic heterocycles. The van der Waals surface area contributed by atoms with Crippen molar-refractivity contribution in [2.24, 2.45) is 23.5 Å². The highest BCUT2D eigenvalue weighted by Gasteiger charge is 2.46. The summed E-state index contributed by atoms with van der Waals surface area (Å²) in [7, 11) is 0. The summed E-state index contributed by atoms with van der Waals surface area (Å²) in [4.78, 5) is 94.5. The van der Waals surface area contributed by atoms with Gasteiger partial charge in [0, 0.05) is 43.2 Å². The minimum absolute atomic E-state index is 0.104. The van der Waals surface area contributed by atoms with Crippen molar-refractivity contribution in [2.45, 2.75) is 142 Å². The summed E-state index contributed by atoms with van der Waals surface area (Å²) in [5, 5.41) is 5.66. The van der Waals surface area contributed by atoms with Crippen molar-refractivity contribution < 1.29 is 43.0 Å². The molecule has 4 N–H and O–H groups in total. The lowest BCUT2D eigenvalue weighted by Gasteiger charge is -2.34. The largest absolute Gasteiger partial charge is 0.449 e. The van der Waals surface area contributed by atoms with E-state index < -0.39 is 77.6 Å². The lowest BCUT2D eigenvalue weighted by molar-refractivity contribution is -0.143. The molecule has 1 aromatic carbocycles. The summed E-state index contributed by atoms with van der Waals surface area (Å²) in [6.07, 6.45) is 3.05. The molecule has 1 aromatic rings. The normalized spacial score (nSPS) is 19.4. The van der Waals surface area contributed by atoms with E-state index in [1.165, 1.54) is 11.0 Å². The molecular formula is C40H59ClN4O9. The maximum atomic E-state index is 14.4. The monoisotopic (exact) mass is 774 g/mol. The third-order valence-electron chi connectivity index (χ3n) is 9.73. The summed E-state index contributed by atoms with van der Waals surface area (Å²) in [5.41, 5.74) is 5.30. The zero-order valence-corrected chi connectivity index (χ0v) is 33.4. The fraction of sp³-hybridized carbons (Fsp3) is 0.675. The van der Waals surface area contributed by atoms with Gasteiger partial charge in [-0.3, -0.25) is 28.8 Å². The van der Waals surface area contributed by atoms with Crippen molar-refractivity contribution in [3.8, 4) is 0 Å². The van der Waals surface area contributed by atoms with Gasteiger partial charge in [0.25, 0.3) is 0 Å². The van der Waals surface area contributed by atoms with Gasteiger partial charge in [-0.1, -0.05) is 70.2 Å². The first kappa shape index (κ1) is 44.6. The summed E-state index contributed by atoms with van der Waals surface area (Å²) >= 11 is 6.02. The molecule has 13 nitrogen and oxygen atoms in total. The zero-order chi connectivity index (χ0) is 40.2. The Morgan fingerprint density at radius 2 is 1.69 bits per heavy atom. The molecule has 54 heavy (non-hydrogen) atoms. The molecule has 1 saturated heterocycles. The van der Waals surface area contributed by atoms with Crippen LogP contribution in [0.1, 0.15) is 124 Å². The van der Waals surface area contributed by atoms with E-state index in [2.05, 4.69) is 10.6 Å². The van der Waals surface area contributed by atoms with E-state index in [4.69, 9.17) is 26.8 Å². The quantitative estimate of drug-likeness (QED) is 0.155. The molecule has 0 aromatic heterocycles. The van der Waals surface area contributed by atoms with Gasteiger partial charge in [-0.05, 0) is 69.6 Å². The number of Topliss-reactive ketones (excluding diaryl/α,β-unsaturated/α-hetero) is 3. The second-order valence-corrected chi connectivity index (χ2v) is 16.4. The average Bonchev–Trinajstić information content (AvgIpc) is 3.52. The summed E-state index contributed by atoms with van der Waals surface area (Å²) < 4.78 is 11.6. The SMILES string of the molecule is CCCC(CC(=O)[C@@H]1C[C@@H](OC(C)(C)C)CN1C(=O)[C@@H](NC(=O)OCC(C)C)C1CCCCC1)C(=O)C(=O)CCC(=O)NC(C(N)=O)c1cccc(Cl)c1. The van der Waals surface area contributed by atoms with Crippen LogP contribution in [0.3, 0.4) is 0 Å². The Morgan fingerprint density at radius 1 is 1.00 bits per heavy atom. The molecule has 1 saturated carbocycles. The summed E-state index contributed by atoms with van der Waals surface area (Å²) in [6, 6.07) is 3.25. The fourth-order valence-corrected chi connectivity index (χ4v) is 7.44. The Hall–Kier alpha value is -3.84. The first-order chi connectivity index (χ1) is 25.4. The van der Waals surface area contributed by atoms with Crippen molar-refractivity contribution in [3.05, 3.63) is 34.9 Å². The molecule has 1 aliphatic carbocycles. The van der Waals surface area contributed by atoms with Crippen molar-refractivity contribution in [1.82, 2.24) is 15.5 Å². The van der Waals surface area contributed by atoms with E-state index in [1.807, 2.05) is 41.5 Å². The molecule has 14 heteroatoms. The number of ketones is 3. The molecule has 2 fully saturated rings. The number of hydrogen-bond acceptors (Lipinski definition) is 9. The van der Waals surface area contributed by atoms with E-state index in [0.29, 0.717) is 17.0 Å². The number of ether oxygens (including phenoxy) is 2. The van der Waals surface area contributed by atoms with Crippen LogP contribution in [0.5, 0.6) is 0 Å². The smallest absolute Gasteiger partial charge is 0.407 e. The van der Waals surface area contributed by atoms with E-state index in [9.17, 15) is 33.6 Å². The van der Waals surface area contributed by atoms with Crippen molar-refractivity contribution in [2.75, 3.05) is 13.2 Å². The predicted octanol–water partition coefficient (Wildman–Crippen LogP) is 5.39. The molecule has 4 amide bonds. The Balaban J connectivity index is 1.76. The highest BCUT2D eigenvalue weighted by Crippen LogP contribution is 2.32. The van der Waals surface area contributed by atoms with Crippen LogP contribution < -0.4 is 16.4 Å². The second kappa shape index (κ2) is 20.7. The van der Waals surface area contributed by atoms with Gasteiger partial charge in [0.2, 0.25) is 23.5 Å². The average molecular weight is 775 g/mol. The molecule has 300 valence electrons. The fourth-order valence-electron chi connectivity index (χ4n) is 7.24. The van der Waals surface area contributed by atoms with Gasteiger partial charge in [-0.25, -0.2) is 4.79 Å². The number of carbonyl (C=O) groups excluding carboxylic acids is 7. The number of nitrogens with one attached hydrogen (secondary N) is 2. The number of nitrogens with zero attached hydrogens (tertiary/aromatic N) is 1. The topological polar surface area (TPSA) is 191 Å². The highest BCUT2D eigenvalue weighted by molar-refractivity contribution is 6.38. The second-order valence-electron chi connectivity index (χ2n) is 16.0. The van der Waals surface area contributed by atoms with Gasteiger partial charge in [0.15, 0.2) is 11.6 Å². The zero-order valence-electron chi connectivity index (χ0n) is 32.6. The van der Waals surface area contributed by atoms with Crippen molar-refractivity contribution in [1.29, 1.82) is 0 Å². The number of primary amides is 1. The number of alkyl carbamates (subject to hydrolysis) is 1. The van der Waals surface area contributed by atoms with Gasteiger partial charge in [-0.2, -0.15) is 0 Å². The van der Waals surface area contributed by atoms with Crippen LogP contribution in [-0.2, 0) is 38.2 Å². The van der Waals surface area contributed by atoms with Gasteiger partial charge < -0.3 is 30.7 Å². The van der Waals surface area contributed by atoms with Gasteiger partial charge >= 0.3 is 6.09 Å². The van der Waals surface area contributed by atoms with Crippen LogP contribution >= 0.6 is 11.6 Å². The van der Waals surface area contributed by atoms with Crippen LogP contribution in [-0.4, -0.2) is 83.0 Å². The minimum atomic E-state index is -1.19. The van der Waals surface area contributed by atoms with Crippen LogP contribution in [0, 0.1) is 17.8 Å². The lowest BCUT2D eigenvalue weighted by atomic mass is 9.83. The molecule has 0 radical (unpaired) electrons. The molecule has 2 unspecified atom stereocenters. The maximum Gasteiger partial charge on any atom is 0.407 e. The Bertz CT molecular complexity index is 1500. The van der Waals surface area contributed by atoms with E-state index in [0.717, 1.165) is 32.1 Å². The summed E-state index contributed by atoms with van der Waals surface area (Å²) in [5.74, 6) is -4.84. The van der Waals surface area contributed by atoms with Gasteiger partial charge in [0.1, 0.15) is 12.1 Å². The van der Waals surface area contributed by atoms with Crippen molar-refractivity contribution >= 4 is 52.8 Å². The van der Waals surface area contributed by atoms with Crippen LogP contribution in [0.25, 0.3) is 0 Å². The molecule has 1 heterocycles. The number of amides is 4. The molecule has 0 spiro atoms. The van der Waals surface area contributed by atoms with Gasteiger partial charge in [0.05, 0.1) is 24.4 Å². The van der Waals surface area contributed by atoms with Crippen LogP contribution in [0.4, 0.5) is 4.79 Å². The molecule has 3 rings (SSSR count). The number of halogens is 1. The Morgan fingerprint density at radius 3 is 2.28 bits per heavy atom. The number of carbonyl (C=O) groups is 7. The Labute approximate surface area is 324 Å². The molecule has 5 atom stereocenters. The standard InChI is InChI=1S/C40H59ClN4O9/c1-7-12-27(36(49)31(46)17-18-33(48)43-34(37(42)50)26-15-11-16-28(41)19-26)20-32(47)30-21-29(54-40(4,5)6)22-45(30)38(51)35(25-13-9-8-10-14-25)44-39(52)53-23-24(2)3/h11,15-16,19,24-25,27,29-30,34-35H,7-10,12-14,17-18,20-23H2,1-6H3,(H2,42,50)(H,43,48)(H,44,52)/t27?,29-,30+,34?,35+/m1/s1. The lowest BCUT2D eigenvalue weighted by Crippen LogP contribution is -2.55. The molecule has 2 aliphatic rings. The maximum absolute atomic E-state index is 14.4. The first-order valence-electron chi connectivity index (χ1n) is 19.3. The highest BCUT2D eigenvalue weighted by atomic mass is 35.5. The molecule has 0 bridgehead atoms. The number of rotatable bonds is 19. The first-order valence-corrected chi connectivity index (χ1v) is 19.6. The minimum Gasteiger partial charge on any atom is -0.449 e. The van der Waals surface area contributed by atoms with E-state index >= 15 is 0 Å². The van der Waals surface area contributed by atoms with Crippen LogP contribution in [0.2, 0.25) is 5.02 Å². The number of likely N-dealkylation sites (tertiary alicyclic amines) is 1. The number of benzene rings is 1. The predicted molar refractivity (Wildman–Crippen MR) is 203 cm³/mol.